The molecule has 26 heavy (non-hydrogen) atoms. The van der Waals surface area contributed by atoms with Gasteiger partial charge in [0.2, 0.25) is 5.91 Å². The summed E-state index contributed by atoms with van der Waals surface area (Å²) in [5.74, 6) is 1.47. The molecule has 0 radical (unpaired) electrons. The lowest BCUT2D eigenvalue weighted by Crippen LogP contribution is -2.50. The van der Waals surface area contributed by atoms with Crippen molar-refractivity contribution in [3.63, 3.8) is 0 Å². The highest BCUT2D eigenvalue weighted by molar-refractivity contribution is 5.86. The third kappa shape index (κ3) is 5.82. The largest absolute Gasteiger partial charge is 0.495 e. The Labute approximate surface area is 156 Å². The number of amides is 1. The van der Waals surface area contributed by atoms with E-state index in [-0.39, 0.29) is 24.0 Å². The van der Waals surface area contributed by atoms with Gasteiger partial charge in [0, 0.05) is 31.7 Å². The van der Waals surface area contributed by atoms with Crippen molar-refractivity contribution in [1.29, 1.82) is 0 Å². The summed E-state index contributed by atoms with van der Waals surface area (Å²) in [6.45, 7) is 7.88. The van der Waals surface area contributed by atoms with E-state index >= 15 is 0 Å². The van der Waals surface area contributed by atoms with Gasteiger partial charge in [0.15, 0.2) is 5.96 Å². The number of rotatable bonds is 5. The highest BCUT2D eigenvalue weighted by Gasteiger charge is 2.25. The highest BCUT2D eigenvalue weighted by Crippen LogP contribution is 2.30. The van der Waals surface area contributed by atoms with Crippen LogP contribution in [0.1, 0.15) is 27.2 Å². The van der Waals surface area contributed by atoms with Crippen LogP contribution >= 0.6 is 0 Å². The summed E-state index contributed by atoms with van der Waals surface area (Å²) < 4.78 is 5.46. The maximum absolute atomic E-state index is 11.9. The molecule has 7 heteroatoms. The lowest BCUT2D eigenvalue weighted by atomic mass is 10.1. The van der Waals surface area contributed by atoms with Crippen LogP contribution in [-0.2, 0) is 4.79 Å². The van der Waals surface area contributed by atoms with Crippen molar-refractivity contribution in [1.82, 2.24) is 16.0 Å². The van der Waals surface area contributed by atoms with Gasteiger partial charge in [0.25, 0.3) is 0 Å². The van der Waals surface area contributed by atoms with Gasteiger partial charge in [-0.1, -0.05) is 12.1 Å². The van der Waals surface area contributed by atoms with Gasteiger partial charge in [-0.25, -0.2) is 0 Å². The van der Waals surface area contributed by atoms with Crippen LogP contribution in [0.4, 0.5) is 5.69 Å². The summed E-state index contributed by atoms with van der Waals surface area (Å²) in [6, 6.07) is 8.31. The van der Waals surface area contributed by atoms with Crippen molar-refractivity contribution in [3.8, 4) is 5.75 Å². The molecule has 0 saturated carbocycles. The number of para-hydroxylation sites is 2. The van der Waals surface area contributed by atoms with Crippen LogP contribution < -0.4 is 25.6 Å². The number of aliphatic imine (C=N–C) groups is 1. The Bertz CT molecular complexity index is 639. The first-order valence-corrected chi connectivity index (χ1v) is 8.98. The standard InChI is InChI=1S/C19H31N5O2/c1-19(2,3)23-17(25)12-21-18(20-4)22-14-10-11-24(13-14)15-8-6-7-9-16(15)26-5/h6-9,14H,10-13H2,1-5H3,(H,23,25)(H2,20,21,22). The zero-order chi connectivity index (χ0) is 19.2. The lowest BCUT2D eigenvalue weighted by Gasteiger charge is -2.23. The molecule has 7 nitrogen and oxygen atoms in total. The average molecular weight is 361 g/mol. The third-order valence-corrected chi connectivity index (χ3v) is 4.11. The van der Waals surface area contributed by atoms with Gasteiger partial charge in [0.1, 0.15) is 5.75 Å². The van der Waals surface area contributed by atoms with E-state index in [1.807, 2.05) is 39.0 Å². The van der Waals surface area contributed by atoms with Crippen molar-refractivity contribution in [3.05, 3.63) is 24.3 Å². The van der Waals surface area contributed by atoms with E-state index in [1.54, 1.807) is 14.2 Å². The molecule has 1 saturated heterocycles. The molecule has 1 fully saturated rings. The van der Waals surface area contributed by atoms with Gasteiger partial charge < -0.3 is 25.6 Å². The first kappa shape index (κ1) is 19.9. The monoisotopic (exact) mass is 361 g/mol. The van der Waals surface area contributed by atoms with Crippen molar-refractivity contribution < 1.29 is 9.53 Å². The quantitative estimate of drug-likeness (QED) is 0.545. The molecule has 1 heterocycles. The van der Waals surface area contributed by atoms with Crippen molar-refractivity contribution in [2.24, 2.45) is 4.99 Å². The second kappa shape index (κ2) is 8.78. The van der Waals surface area contributed by atoms with Crippen LogP contribution in [-0.4, -0.2) is 57.2 Å². The minimum Gasteiger partial charge on any atom is -0.495 e. The molecule has 3 N–H and O–H groups in total. The number of nitrogens with zero attached hydrogens (tertiary/aromatic N) is 2. The molecule has 1 unspecified atom stereocenters. The Hall–Kier alpha value is -2.44. The summed E-state index contributed by atoms with van der Waals surface area (Å²) in [4.78, 5) is 18.5. The number of hydrogen-bond donors (Lipinski definition) is 3. The second-order valence-electron chi connectivity index (χ2n) is 7.47. The summed E-state index contributed by atoms with van der Waals surface area (Å²) in [5, 5.41) is 9.40. The summed E-state index contributed by atoms with van der Waals surface area (Å²) in [6.07, 6.45) is 0.993. The number of hydrogen-bond acceptors (Lipinski definition) is 4. The number of methoxy groups -OCH3 is 1. The molecule has 1 aliphatic rings. The number of nitrogens with one attached hydrogen (secondary N) is 3. The number of carbonyl (C=O) groups is 1. The number of benzene rings is 1. The fourth-order valence-electron chi connectivity index (χ4n) is 3.00. The van der Waals surface area contributed by atoms with Crippen molar-refractivity contribution in [2.75, 3.05) is 38.7 Å². The molecular weight excluding hydrogens is 330 g/mol. The minimum atomic E-state index is -0.240. The van der Waals surface area contributed by atoms with E-state index in [9.17, 15) is 4.79 Å². The fraction of sp³-hybridized carbons (Fsp3) is 0.579. The van der Waals surface area contributed by atoms with Gasteiger partial charge in [-0.3, -0.25) is 9.79 Å². The molecule has 2 rings (SSSR count). The van der Waals surface area contributed by atoms with E-state index in [0.29, 0.717) is 5.96 Å². The normalized spacial score (nSPS) is 17.8. The van der Waals surface area contributed by atoms with Crippen LogP contribution in [0, 0.1) is 0 Å². The Balaban J connectivity index is 1.85. The first-order valence-electron chi connectivity index (χ1n) is 8.98. The lowest BCUT2D eigenvalue weighted by molar-refractivity contribution is -0.121. The highest BCUT2D eigenvalue weighted by atomic mass is 16.5. The van der Waals surface area contributed by atoms with Gasteiger partial charge in [-0.15, -0.1) is 0 Å². The molecule has 1 aromatic carbocycles. The van der Waals surface area contributed by atoms with Crippen LogP contribution in [0.15, 0.2) is 29.3 Å². The van der Waals surface area contributed by atoms with Gasteiger partial charge >= 0.3 is 0 Å². The maximum Gasteiger partial charge on any atom is 0.239 e. The number of anilines is 1. The summed E-state index contributed by atoms with van der Waals surface area (Å²) >= 11 is 0. The van der Waals surface area contributed by atoms with Gasteiger partial charge in [-0.2, -0.15) is 0 Å². The first-order chi connectivity index (χ1) is 12.3. The topological polar surface area (TPSA) is 78.0 Å². The Morgan fingerprint density at radius 2 is 2.08 bits per heavy atom. The Kier molecular flexibility index (Phi) is 6.71. The molecule has 0 bridgehead atoms. The summed E-state index contributed by atoms with van der Waals surface area (Å²) in [5.41, 5.74) is 0.864. The predicted octanol–water partition coefficient (Wildman–Crippen LogP) is 1.35. The number of carbonyl (C=O) groups excluding carboxylic acids is 1. The zero-order valence-electron chi connectivity index (χ0n) is 16.4. The molecule has 0 aliphatic carbocycles. The SMILES string of the molecule is CN=C(NCC(=O)NC(C)(C)C)NC1CCN(c2ccccc2OC)C1. The molecule has 144 valence electrons. The number of ether oxygens (including phenoxy) is 1. The van der Waals surface area contributed by atoms with E-state index in [1.165, 1.54) is 0 Å². The van der Waals surface area contributed by atoms with Crippen LogP contribution in [0.3, 0.4) is 0 Å². The summed E-state index contributed by atoms with van der Waals surface area (Å²) in [7, 11) is 3.41. The molecule has 0 aromatic heterocycles. The van der Waals surface area contributed by atoms with Crippen molar-refractivity contribution in [2.45, 2.75) is 38.8 Å². The molecular formula is C19H31N5O2. The fourth-order valence-corrected chi connectivity index (χ4v) is 3.00. The Morgan fingerprint density at radius 1 is 1.35 bits per heavy atom. The predicted molar refractivity (Wildman–Crippen MR) is 106 cm³/mol. The van der Waals surface area contributed by atoms with E-state index in [4.69, 9.17) is 4.74 Å². The van der Waals surface area contributed by atoms with E-state index in [2.05, 4.69) is 31.9 Å². The van der Waals surface area contributed by atoms with Gasteiger partial charge in [-0.05, 0) is 39.3 Å². The maximum atomic E-state index is 11.9. The molecule has 1 aromatic rings. The molecule has 1 amide bonds. The third-order valence-electron chi connectivity index (χ3n) is 4.11. The average Bonchev–Trinajstić information content (AvgIpc) is 3.05. The molecule has 1 atom stereocenters. The van der Waals surface area contributed by atoms with Crippen molar-refractivity contribution >= 4 is 17.6 Å². The second-order valence-corrected chi connectivity index (χ2v) is 7.47. The smallest absolute Gasteiger partial charge is 0.239 e. The number of guanidine groups is 1. The molecule has 1 aliphatic heterocycles. The van der Waals surface area contributed by atoms with Gasteiger partial charge in [0.05, 0.1) is 19.3 Å². The van der Waals surface area contributed by atoms with Crippen LogP contribution in [0.25, 0.3) is 0 Å². The minimum absolute atomic E-state index is 0.0532. The van der Waals surface area contributed by atoms with E-state index < -0.39 is 0 Å². The van der Waals surface area contributed by atoms with Crippen LogP contribution in [0.5, 0.6) is 5.75 Å². The van der Waals surface area contributed by atoms with Crippen LogP contribution in [0.2, 0.25) is 0 Å². The zero-order valence-corrected chi connectivity index (χ0v) is 16.4. The van der Waals surface area contributed by atoms with E-state index in [0.717, 1.165) is 30.9 Å². The molecule has 0 spiro atoms. The Morgan fingerprint density at radius 3 is 2.73 bits per heavy atom.